The Morgan fingerprint density at radius 1 is 0.529 bits per heavy atom. The van der Waals surface area contributed by atoms with Crippen molar-refractivity contribution in [2.24, 2.45) is 0 Å². The van der Waals surface area contributed by atoms with E-state index in [1.165, 1.54) is 38.4 Å². The summed E-state index contributed by atoms with van der Waals surface area (Å²) in [5.41, 5.74) is 7.10. The number of hydrogen-bond acceptors (Lipinski definition) is 1. The molecule has 0 aliphatic carbocycles. The first kappa shape index (κ1) is 18.9. The summed E-state index contributed by atoms with van der Waals surface area (Å²) >= 11 is 0. The number of aromatic nitrogens is 3. The Kier molecular flexibility index (Phi) is 4.15. The Labute approximate surface area is 197 Å². The fraction of sp³-hybridized carbons (Fsp3) is 0. The molecule has 3 heteroatoms. The van der Waals surface area contributed by atoms with Gasteiger partial charge in [-0.15, -0.1) is 0 Å². The second kappa shape index (κ2) is 7.46. The lowest BCUT2D eigenvalue weighted by atomic mass is 10.1. The van der Waals surface area contributed by atoms with Crippen molar-refractivity contribution in [1.82, 2.24) is 14.1 Å². The van der Waals surface area contributed by atoms with Crippen LogP contribution in [0.25, 0.3) is 55.3 Å². The molecule has 7 aromatic rings. The minimum atomic E-state index is 0.919. The maximum atomic E-state index is 4.71. The highest BCUT2D eigenvalue weighted by Crippen LogP contribution is 2.35. The number of para-hydroxylation sites is 2. The lowest BCUT2D eigenvalue weighted by Crippen LogP contribution is -1.96. The molecule has 34 heavy (non-hydrogen) atoms. The van der Waals surface area contributed by atoms with Crippen LogP contribution in [0.4, 0.5) is 0 Å². The van der Waals surface area contributed by atoms with Crippen molar-refractivity contribution in [3.8, 4) is 22.6 Å². The van der Waals surface area contributed by atoms with E-state index < -0.39 is 0 Å². The fourth-order valence-electron chi connectivity index (χ4n) is 5.01. The number of fused-ring (bicyclic) bond motifs is 4. The van der Waals surface area contributed by atoms with Crippen molar-refractivity contribution < 1.29 is 0 Å². The molecular formula is C31H21N3. The SMILES string of the molecule is c1ccc(-c2ccnc(-n3ccc4cc5c(cc43)c3ccccc3n5-c3ccccc3)c2)cc1. The molecular weight excluding hydrogens is 414 g/mol. The largest absolute Gasteiger partial charge is 0.309 e. The van der Waals surface area contributed by atoms with Gasteiger partial charge in [-0.2, -0.15) is 0 Å². The van der Waals surface area contributed by atoms with E-state index in [0.717, 1.165) is 16.9 Å². The van der Waals surface area contributed by atoms with Crippen molar-refractivity contribution in [2.75, 3.05) is 0 Å². The molecule has 3 aromatic heterocycles. The van der Waals surface area contributed by atoms with Crippen LogP contribution < -0.4 is 0 Å². The van der Waals surface area contributed by atoms with Crippen molar-refractivity contribution >= 4 is 32.7 Å². The first-order valence-electron chi connectivity index (χ1n) is 11.5. The maximum Gasteiger partial charge on any atom is 0.137 e. The third-order valence-corrected chi connectivity index (χ3v) is 6.60. The van der Waals surface area contributed by atoms with Gasteiger partial charge in [0.15, 0.2) is 0 Å². The average molecular weight is 436 g/mol. The third kappa shape index (κ3) is 2.87. The van der Waals surface area contributed by atoms with Gasteiger partial charge >= 0.3 is 0 Å². The summed E-state index contributed by atoms with van der Waals surface area (Å²) in [4.78, 5) is 4.71. The highest BCUT2D eigenvalue weighted by molar-refractivity contribution is 6.13. The Hall–Kier alpha value is -4.63. The second-order valence-corrected chi connectivity index (χ2v) is 8.57. The summed E-state index contributed by atoms with van der Waals surface area (Å²) in [6.07, 6.45) is 4.01. The van der Waals surface area contributed by atoms with Crippen LogP contribution in [0.15, 0.2) is 128 Å². The zero-order chi connectivity index (χ0) is 22.5. The van der Waals surface area contributed by atoms with Crippen molar-refractivity contribution in [2.45, 2.75) is 0 Å². The minimum absolute atomic E-state index is 0.919. The van der Waals surface area contributed by atoms with Crippen LogP contribution in [0.1, 0.15) is 0 Å². The summed E-state index contributed by atoms with van der Waals surface area (Å²) in [5, 5.41) is 3.69. The van der Waals surface area contributed by atoms with Crippen LogP contribution >= 0.6 is 0 Å². The number of pyridine rings is 1. The molecule has 0 atom stereocenters. The van der Waals surface area contributed by atoms with Gasteiger partial charge in [0.1, 0.15) is 5.82 Å². The predicted molar refractivity (Wildman–Crippen MR) is 141 cm³/mol. The Bertz CT molecular complexity index is 1790. The van der Waals surface area contributed by atoms with Gasteiger partial charge in [-0.25, -0.2) is 4.98 Å². The van der Waals surface area contributed by atoms with Crippen molar-refractivity contribution in [3.63, 3.8) is 0 Å². The van der Waals surface area contributed by atoms with Gasteiger partial charge in [-0.05, 0) is 59.7 Å². The molecule has 0 saturated carbocycles. The average Bonchev–Trinajstić information content (AvgIpc) is 3.47. The monoisotopic (exact) mass is 435 g/mol. The summed E-state index contributed by atoms with van der Waals surface area (Å²) in [5.74, 6) is 0.919. The lowest BCUT2D eigenvalue weighted by Gasteiger charge is -2.09. The zero-order valence-electron chi connectivity index (χ0n) is 18.5. The topological polar surface area (TPSA) is 22.8 Å². The van der Waals surface area contributed by atoms with Gasteiger partial charge < -0.3 is 9.13 Å². The van der Waals surface area contributed by atoms with Crippen LogP contribution in [0.2, 0.25) is 0 Å². The van der Waals surface area contributed by atoms with Crippen molar-refractivity contribution in [3.05, 3.63) is 128 Å². The van der Waals surface area contributed by atoms with Crippen LogP contribution in [-0.4, -0.2) is 14.1 Å². The highest BCUT2D eigenvalue weighted by Gasteiger charge is 2.15. The van der Waals surface area contributed by atoms with Crippen LogP contribution in [0, 0.1) is 0 Å². The molecule has 0 spiro atoms. The lowest BCUT2D eigenvalue weighted by molar-refractivity contribution is 1.05. The van der Waals surface area contributed by atoms with E-state index in [9.17, 15) is 0 Å². The Morgan fingerprint density at radius 3 is 2.15 bits per heavy atom. The third-order valence-electron chi connectivity index (χ3n) is 6.60. The maximum absolute atomic E-state index is 4.71. The first-order valence-corrected chi connectivity index (χ1v) is 11.5. The number of benzene rings is 4. The van der Waals surface area contributed by atoms with E-state index in [2.05, 4.69) is 125 Å². The van der Waals surface area contributed by atoms with Crippen LogP contribution in [0.3, 0.4) is 0 Å². The number of nitrogens with zero attached hydrogens (tertiary/aromatic N) is 3. The first-order chi connectivity index (χ1) is 16.9. The van der Waals surface area contributed by atoms with E-state index in [-0.39, 0.29) is 0 Å². The zero-order valence-corrected chi connectivity index (χ0v) is 18.5. The fourth-order valence-corrected chi connectivity index (χ4v) is 5.01. The molecule has 0 radical (unpaired) electrons. The molecule has 3 nitrogen and oxygen atoms in total. The molecule has 0 amide bonds. The summed E-state index contributed by atoms with van der Waals surface area (Å²) in [6.45, 7) is 0. The second-order valence-electron chi connectivity index (χ2n) is 8.57. The van der Waals surface area contributed by atoms with E-state index in [0.29, 0.717) is 0 Å². The van der Waals surface area contributed by atoms with E-state index >= 15 is 0 Å². The quantitative estimate of drug-likeness (QED) is 0.278. The van der Waals surface area contributed by atoms with Crippen LogP contribution in [-0.2, 0) is 0 Å². The van der Waals surface area contributed by atoms with Gasteiger partial charge in [-0.1, -0.05) is 66.7 Å². The molecule has 0 N–H and O–H groups in total. The molecule has 0 aliphatic heterocycles. The highest BCUT2D eigenvalue weighted by atomic mass is 15.0. The summed E-state index contributed by atoms with van der Waals surface area (Å²) in [7, 11) is 0. The number of rotatable bonds is 3. The van der Waals surface area contributed by atoms with Gasteiger partial charge in [-0.3, -0.25) is 0 Å². The van der Waals surface area contributed by atoms with E-state index in [1.54, 1.807) is 0 Å². The molecule has 0 aliphatic rings. The molecule has 3 heterocycles. The standard InChI is InChI=1S/C31H21N3/c1-3-9-22(10-4-1)23-15-17-32-31(20-23)33-18-16-24-19-30-27(21-29(24)33)26-13-7-8-14-28(26)34(30)25-11-5-2-6-12-25/h1-21H. The molecule has 0 fully saturated rings. The Morgan fingerprint density at radius 2 is 1.29 bits per heavy atom. The molecule has 7 rings (SSSR count). The van der Waals surface area contributed by atoms with Gasteiger partial charge in [0.05, 0.1) is 16.6 Å². The van der Waals surface area contributed by atoms with Crippen molar-refractivity contribution in [1.29, 1.82) is 0 Å². The predicted octanol–water partition coefficient (Wildman–Crippen LogP) is 7.79. The minimum Gasteiger partial charge on any atom is -0.309 e. The normalized spacial score (nSPS) is 11.5. The Balaban J connectivity index is 1.48. The molecule has 4 aromatic carbocycles. The number of hydrogen-bond donors (Lipinski definition) is 0. The van der Waals surface area contributed by atoms with Gasteiger partial charge in [0.2, 0.25) is 0 Å². The smallest absolute Gasteiger partial charge is 0.137 e. The molecule has 0 bridgehead atoms. The van der Waals surface area contributed by atoms with E-state index in [4.69, 9.17) is 4.98 Å². The summed E-state index contributed by atoms with van der Waals surface area (Å²) < 4.78 is 4.55. The summed E-state index contributed by atoms with van der Waals surface area (Å²) in [6, 6.07) is 40.7. The van der Waals surface area contributed by atoms with Crippen LogP contribution in [0.5, 0.6) is 0 Å². The molecule has 0 saturated heterocycles. The van der Waals surface area contributed by atoms with Gasteiger partial charge in [0.25, 0.3) is 0 Å². The molecule has 0 unspecified atom stereocenters. The molecule has 160 valence electrons. The van der Waals surface area contributed by atoms with Gasteiger partial charge in [0, 0.05) is 34.2 Å². The van der Waals surface area contributed by atoms with E-state index in [1.807, 2.05) is 12.3 Å².